The van der Waals surface area contributed by atoms with Crippen molar-refractivity contribution in [2.45, 2.75) is 71.3 Å². The van der Waals surface area contributed by atoms with E-state index in [4.69, 9.17) is 5.73 Å². The standard InChI is InChI=1S/C16H28N2/c1-3-4-5-6-7-8-9-12-15(17)16-13-10-11-14(2)18-16/h10-11,13,15H,3-9,12,17H2,1-2H3. The fourth-order valence-corrected chi connectivity index (χ4v) is 2.24. The van der Waals surface area contributed by atoms with Gasteiger partial charge in [-0.3, -0.25) is 4.98 Å². The van der Waals surface area contributed by atoms with E-state index < -0.39 is 0 Å². The number of pyridine rings is 1. The van der Waals surface area contributed by atoms with Crippen LogP contribution in [0.4, 0.5) is 0 Å². The summed E-state index contributed by atoms with van der Waals surface area (Å²) in [5, 5.41) is 0. The first kappa shape index (κ1) is 15.2. The van der Waals surface area contributed by atoms with Crippen LogP contribution in [0.15, 0.2) is 18.2 Å². The first-order valence-electron chi connectivity index (χ1n) is 7.43. The van der Waals surface area contributed by atoms with Gasteiger partial charge in [0.25, 0.3) is 0 Å². The Hall–Kier alpha value is -0.890. The fraction of sp³-hybridized carbons (Fsp3) is 0.688. The molecule has 2 heteroatoms. The Bertz CT molecular complexity index is 323. The number of nitrogens with two attached hydrogens (primary N) is 1. The maximum absolute atomic E-state index is 6.16. The molecule has 0 saturated heterocycles. The summed E-state index contributed by atoms with van der Waals surface area (Å²) >= 11 is 0. The van der Waals surface area contributed by atoms with E-state index in [1.807, 2.05) is 25.1 Å². The second-order valence-corrected chi connectivity index (χ2v) is 5.22. The number of nitrogens with zero attached hydrogens (tertiary/aromatic N) is 1. The zero-order chi connectivity index (χ0) is 13.2. The van der Waals surface area contributed by atoms with Crippen LogP contribution in [0.2, 0.25) is 0 Å². The van der Waals surface area contributed by atoms with Crippen LogP contribution in [0, 0.1) is 6.92 Å². The lowest BCUT2D eigenvalue weighted by Gasteiger charge is -2.11. The van der Waals surface area contributed by atoms with Crippen molar-refractivity contribution in [2.75, 3.05) is 0 Å². The molecule has 2 nitrogen and oxygen atoms in total. The lowest BCUT2D eigenvalue weighted by molar-refractivity contribution is 0.535. The van der Waals surface area contributed by atoms with Gasteiger partial charge in [0.2, 0.25) is 0 Å². The van der Waals surface area contributed by atoms with Gasteiger partial charge in [-0.1, -0.05) is 57.9 Å². The van der Waals surface area contributed by atoms with Gasteiger partial charge in [0.05, 0.1) is 5.69 Å². The summed E-state index contributed by atoms with van der Waals surface area (Å²) in [4.78, 5) is 4.49. The van der Waals surface area contributed by atoms with Gasteiger partial charge in [-0.25, -0.2) is 0 Å². The van der Waals surface area contributed by atoms with Gasteiger partial charge < -0.3 is 5.73 Å². The molecule has 0 aliphatic carbocycles. The second-order valence-electron chi connectivity index (χ2n) is 5.22. The highest BCUT2D eigenvalue weighted by Gasteiger charge is 2.06. The SMILES string of the molecule is CCCCCCCCCC(N)c1cccc(C)n1. The minimum Gasteiger partial charge on any atom is -0.323 e. The molecule has 1 unspecified atom stereocenters. The number of aryl methyl sites for hydroxylation is 1. The predicted molar refractivity (Wildman–Crippen MR) is 78.5 cm³/mol. The summed E-state index contributed by atoms with van der Waals surface area (Å²) in [6, 6.07) is 6.21. The van der Waals surface area contributed by atoms with Crippen molar-refractivity contribution in [1.82, 2.24) is 4.98 Å². The van der Waals surface area contributed by atoms with E-state index in [9.17, 15) is 0 Å². The Balaban J connectivity index is 2.12. The minimum absolute atomic E-state index is 0.112. The topological polar surface area (TPSA) is 38.9 Å². The number of aromatic nitrogens is 1. The van der Waals surface area contributed by atoms with E-state index in [1.165, 1.54) is 44.9 Å². The van der Waals surface area contributed by atoms with Crippen LogP contribution in [0.1, 0.15) is 75.7 Å². The van der Waals surface area contributed by atoms with E-state index in [-0.39, 0.29) is 6.04 Å². The van der Waals surface area contributed by atoms with Crippen LogP contribution in [-0.4, -0.2) is 4.98 Å². The Morgan fingerprint density at radius 1 is 1.06 bits per heavy atom. The summed E-state index contributed by atoms with van der Waals surface area (Å²) in [7, 11) is 0. The molecule has 0 aliphatic heterocycles. The number of rotatable bonds is 9. The molecule has 1 rings (SSSR count). The molecule has 1 heterocycles. The van der Waals surface area contributed by atoms with Crippen LogP contribution in [0.3, 0.4) is 0 Å². The van der Waals surface area contributed by atoms with E-state index in [0.717, 1.165) is 17.8 Å². The minimum atomic E-state index is 0.112. The van der Waals surface area contributed by atoms with Crippen LogP contribution in [-0.2, 0) is 0 Å². The molecule has 0 radical (unpaired) electrons. The Morgan fingerprint density at radius 2 is 1.72 bits per heavy atom. The molecule has 0 aliphatic rings. The maximum Gasteiger partial charge on any atom is 0.0574 e. The molecule has 1 aromatic rings. The Labute approximate surface area is 112 Å². The molecule has 0 saturated carbocycles. The molecular weight excluding hydrogens is 220 g/mol. The molecular formula is C16H28N2. The monoisotopic (exact) mass is 248 g/mol. The van der Waals surface area contributed by atoms with Crippen molar-refractivity contribution in [1.29, 1.82) is 0 Å². The van der Waals surface area contributed by atoms with Crippen molar-refractivity contribution in [3.05, 3.63) is 29.6 Å². The van der Waals surface area contributed by atoms with Crippen molar-refractivity contribution >= 4 is 0 Å². The fourth-order valence-electron chi connectivity index (χ4n) is 2.24. The van der Waals surface area contributed by atoms with Gasteiger partial charge in [0.1, 0.15) is 0 Å². The second kappa shape index (κ2) is 9.09. The highest BCUT2D eigenvalue weighted by Crippen LogP contribution is 2.16. The summed E-state index contributed by atoms with van der Waals surface area (Å²) in [5.41, 5.74) is 8.26. The molecule has 102 valence electrons. The predicted octanol–water partition coefficient (Wildman–Crippen LogP) is 4.53. The van der Waals surface area contributed by atoms with Crippen molar-refractivity contribution < 1.29 is 0 Å². The van der Waals surface area contributed by atoms with Gasteiger partial charge in [-0.15, -0.1) is 0 Å². The smallest absolute Gasteiger partial charge is 0.0574 e. The van der Waals surface area contributed by atoms with E-state index >= 15 is 0 Å². The summed E-state index contributed by atoms with van der Waals surface area (Å²) in [6.07, 6.45) is 10.4. The molecule has 0 amide bonds. The normalized spacial score (nSPS) is 12.6. The number of hydrogen-bond donors (Lipinski definition) is 1. The summed E-state index contributed by atoms with van der Waals surface area (Å²) in [6.45, 7) is 4.28. The molecule has 2 N–H and O–H groups in total. The first-order chi connectivity index (χ1) is 8.74. The number of hydrogen-bond acceptors (Lipinski definition) is 2. The van der Waals surface area contributed by atoms with Crippen LogP contribution in [0.25, 0.3) is 0 Å². The van der Waals surface area contributed by atoms with E-state index in [1.54, 1.807) is 0 Å². The maximum atomic E-state index is 6.16. The van der Waals surface area contributed by atoms with Crippen LogP contribution in [0.5, 0.6) is 0 Å². The average Bonchev–Trinajstić information content (AvgIpc) is 2.37. The van der Waals surface area contributed by atoms with E-state index in [2.05, 4.69) is 11.9 Å². The molecule has 0 fully saturated rings. The zero-order valence-corrected chi connectivity index (χ0v) is 12.0. The third kappa shape index (κ3) is 6.15. The van der Waals surface area contributed by atoms with Crippen molar-refractivity contribution in [3.8, 4) is 0 Å². The molecule has 18 heavy (non-hydrogen) atoms. The zero-order valence-electron chi connectivity index (χ0n) is 12.0. The van der Waals surface area contributed by atoms with Gasteiger partial charge >= 0.3 is 0 Å². The lowest BCUT2D eigenvalue weighted by Crippen LogP contribution is -2.12. The highest BCUT2D eigenvalue weighted by molar-refractivity contribution is 5.12. The Kier molecular flexibility index (Phi) is 7.66. The van der Waals surface area contributed by atoms with Gasteiger partial charge in [-0.05, 0) is 25.5 Å². The third-order valence-electron chi connectivity index (χ3n) is 3.41. The average molecular weight is 248 g/mol. The molecule has 1 atom stereocenters. The van der Waals surface area contributed by atoms with Gasteiger partial charge in [0.15, 0.2) is 0 Å². The van der Waals surface area contributed by atoms with Crippen LogP contribution < -0.4 is 5.73 Å². The lowest BCUT2D eigenvalue weighted by atomic mass is 10.0. The molecule has 1 aromatic heterocycles. The number of unbranched alkanes of at least 4 members (excludes halogenated alkanes) is 6. The van der Waals surface area contributed by atoms with Crippen LogP contribution >= 0.6 is 0 Å². The highest BCUT2D eigenvalue weighted by atomic mass is 14.8. The molecule has 0 spiro atoms. The van der Waals surface area contributed by atoms with Crippen molar-refractivity contribution in [3.63, 3.8) is 0 Å². The Morgan fingerprint density at radius 3 is 2.39 bits per heavy atom. The molecule has 0 aromatic carbocycles. The van der Waals surface area contributed by atoms with Gasteiger partial charge in [-0.2, -0.15) is 0 Å². The van der Waals surface area contributed by atoms with Gasteiger partial charge in [0, 0.05) is 11.7 Å². The largest absolute Gasteiger partial charge is 0.323 e. The summed E-state index contributed by atoms with van der Waals surface area (Å²) < 4.78 is 0. The third-order valence-corrected chi connectivity index (χ3v) is 3.41. The van der Waals surface area contributed by atoms with E-state index in [0.29, 0.717) is 0 Å². The molecule has 0 bridgehead atoms. The van der Waals surface area contributed by atoms with Crippen molar-refractivity contribution in [2.24, 2.45) is 5.73 Å². The summed E-state index contributed by atoms with van der Waals surface area (Å²) in [5.74, 6) is 0. The first-order valence-corrected chi connectivity index (χ1v) is 7.43. The quantitative estimate of drug-likeness (QED) is 0.652.